The molecule has 1 atom stereocenters. The molecule has 0 unspecified atom stereocenters. The number of rotatable bonds is 4. The van der Waals surface area contributed by atoms with Gasteiger partial charge in [-0.25, -0.2) is 0 Å². The second-order valence-corrected chi connectivity index (χ2v) is 4.67. The molecule has 0 saturated carbocycles. The van der Waals surface area contributed by atoms with Gasteiger partial charge in [-0.05, 0) is 45.4 Å². The monoisotopic (exact) mass is 222 g/mol. The van der Waals surface area contributed by atoms with E-state index in [0.717, 1.165) is 19.7 Å². The summed E-state index contributed by atoms with van der Waals surface area (Å²) < 4.78 is 8.09. The maximum Gasteiger partial charge on any atom is 0.0754 e. The molecule has 0 spiro atoms. The number of hydrogen-bond donors (Lipinski definition) is 1. The van der Waals surface area contributed by atoms with E-state index in [1.807, 2.05) is 7.05 Å². The summed E-state index contributed by atoms with van der Waals surface area (Å²) in [7, 11) is 1.99. The second kappa shape index (κ2) is 5.02. The van der Waals surface area contributed by atoms with Crippen LogP contribution in [0.25, 0.3) is 0 Å². The first-order valence-electron chi connectivity index (χ1n) is 6.14. The van der Waals surface area contributed by atoms with Crippen LogP contribution in [0.5, 0.6) is 0 Å². The van der Waals surface area contributed by atoms with Gasteiger partial charge in [0.1, 0.15) is 0 Å². The predicted molar refractivity (Wildman–Crippen MR) is 65.6 cm³/mol. The molecule has 0 radical (unpaired) electrons. The van der Waals surface area contributed by atoms with Crippen LogP contribution in [0.3, 0.4) is 0 Å². The first kappa shape index (κ1) is 11.7. The van der Waals surface area contributed by atoms with Crippen LogP contribution in [-0.2, 0) is 17.8 Å². The van der Waals surface area contributed by atoms with Gasteiger partial charge < -0.3 is 14.6 Å². The van der Waals surface area contributed by atoms with Crippen molar-refractivity contribution >= 4 is 0 Å². The minimum Gasteiger partial charge on any atom is -0.376 e. The Labute approximate surface area is 97.8 Å². The van der Waals surface area contributed by atoms with Gasteiger partial charge in [0.25, 0.3) is 0 Å². The Bertz CT molecular complexity index is 351. The average molecular weight is 222 g/mol. The van der Waals surface area contributed by atoms with Crippen molar-refractivity contribution in [1.82, 2.24) is 9.88 Å². The molecule has 90 valence electrons. The summed E-state index contributed by atoms with van der Waals surface area (Å²) in [5.74, 6) is 0. The van der Waals surface area contributed by atoms with Crippen LogP contribution >= 0.6 is 0 Å². The molecule has 1 aromatic heterocycles. The van der Waals surface area contributed by atoms with E-state index in [4.69, 9.17) is 4.74 Å². The van der Waals surface area contributed by atoms with Gasteiger partial charge in [-0.2, -0.15) is 0 Å². The average Bonchev–Trinajstić information content (AvgIpc) is 2.84. The van der Waals surface area contributed by atoms with Crippen LogP contribution in [0, 0.1) is 13.8 Å². The number of aromatic nitrogens is 1. The fourth-order valence-corrected chi connectivity index (χ4v) is 2.51. The number of nitrogens with one attached hydrogen (secondary N) is 1. The van der Waals surface area contributed by atoms with Gasteiger partial charge in [0.15, 0.2) is 0 Å². The summed E-state index contributed by atoms with van der Waals surface area (Å²) in [6.45, 7) is 7.29. The van der Waals surface area contributed by atoms with Gasteiger partial charge >= 0.3 is 0 Å². The highest BCUT2D eigenvalue weighted by atomic mass is 16.5. The lowest BCUT2D eigenvalue weighted by atomic mass is 10.2. The second-order valence-electron chi connectivity index (χ2n) is 4.67. The van der Waals surface area contributed by atoms with E-state index in [1.165, 1.54) is 29.8 Å². The number of hydrogen-bond acceptors (Lipinski definition) is 2. The summed E-state index contributed by atoms with van der Waals surface area (Å²) in [5, 5.41) is 3.21. The third-order valence-corrected chi connectivity index (χ3v) is 3.46. The zero-order chi connectivity index (χ0) is 11.5. The van der Waals surface area contributed by atoms with E-state index < -0.39 is 0 Å². The van der Waals surface area contributed by atoms with E-state index in [2.05, 4.69) is 29.8 Å². The molecule has 1 aromatic rings. The summed E-state index contributed by atoms with van der Waals surface area (Å²) in [4.78, 5) is 0. The van der Waals surface area contributed by atoms with Gasteiger partial charge in [-0.1, -0.05) is 0 Å². The van der Waals surface area contributed by atoms with E-state index in [9.17, 15) is 0 Å². The molecule has 1 aliphatic heterocycles. The Morgan fingerprint density at radius 1 is 1.50 bits per heavy atom. The lowest BCUT2D eigenvalue weighted by Gasteiger charge is -2.14. The molecule has 0 aromatic carbocycles. The first-order valence-corrected chi connectivity index (χ1v) is 6.14. The molecule has 1 fully saturated rings. The lowest BCUT2D eigenvalue weighted by molar-refractivity contribution is 0.0961. The molecule has 16 heavy (non-hydrogen) atoms. The molecular weight excluding hydrogens is 200 g/mol. The Balaban J connectivity index is 2.12. The van der Waals surface area contributed by atoms with E-state index in [-0.39, 0.29) is 0 Å². The summed E-state index contributed by atoms with van der Waals surface area (Å²) >= 11 is 0. The maximum atomic E-state index is 5.70. The molecule has 1 N–H and O–H groups in total. The van der Waals surface area contributed by atoms with E-state index in [1.54, 1.807) is 0 Å². The zero-order valence-electron chi connectivity index (χ0n) is 10.5. The zero-order valence-corrected chi connectivity index (χ0v) is 10.5. The topological polar surface area (TPSA) is 26.2 Å². The number of nitrogens with zero attached hydrogens (tertiary/aromatic N) is 1. The van der Waals surface area contributed by atoms with Crippen molar-refractivity contribution in [2.45, 2.75) is 45.9 Å². The highest BCUT2D eigenvalue weighted by Gasteiger charge is 2.18. The molecule has 3 nitrogen and oxygen atoms in total. The normalized spacial score (nSPS) is 20.6. The quantitative estimate of drug-likeness (QED) is 0.843. The molecule has 1 saturated heterocycles. The third-order valence-electron chi connectivity index (χ3n) is 3.46. The first-order chi connectivity index (χ1) is 7.72. The van der Waals surface area contributed by atoms with Gasteiger partial charge in [0.2, 0.25) is 0 Å². The van der Waals surface area contributed by atoms with E-state index in [0.29, 0.717) is 6.10 Å². The Hall–Kier alpha value is -0.800. The smallest absolute Gasteiger partial charge is 0.0754 e. The predicted octanol–water partition coefficient (Wildman–Crippen LogP) is 2.00. The highest BCUT2D eigenvalue weighted by molar-refractivity contribution is 5.26. The van der Waals surface area contributed by atoms with Crippen LogP contribution in [0.15, 0.2) is 6.07 Å². The van der Waals surface area contributed by atoms with Crippen LogP contribution in [0.2, 0.25) is 0 Å². The van der Waals surface area contributed by atoms with Crippen molar-refractivity contribution < 1.29 is 4.74 Å². The summed E-state index contributed by atoms with van der Waals surface area (Å²) in [5.41, 5.74) is 4.12. The minimum atomic E-state index is 0.423. The molecule has 3 heteroatoms. The van der Waals surface area contributed by atoms with Crippen LogP contribution in [0.1, 0.15) is 29.8 Å². The largest absolute Gasteiger partial charge is 0.376 e. The van der Waals surface area contributed by atoms with Crippen molar-refractivity contribution in [1.29, 1.82) is 0 Å². The SMILES string of the molecule is CNCc1cc(C)n(C[C@@H]2CCCO2)c1C. The fraction of sp³-hybridized carbons (Fsp3) is 0.692. The van der Waals surface area contributed by atoms with Gasteiger partial charge in [0, 0.05) is 31.1 Å². The Morgan fingerprint density at radius 3 is 2.94 bits per heavy atom. The fourth-order valence-electron chi connectivity index (χ4n) is 2.51. The molecule has 0 aliphatic carbocycles. The standard InChI is InChI=1S/C13H22N2O/c1-10-7-12(8-14-3)11(2)15(10)9-13-5-4-6-16-13/h7,13-14H,4-6,8-9H2,1-3H3/t13-/m0/s1. The lowest BCUT2D eigenvalue weighted by Crippen LogP contribution is -2.17. The molecule has 0 amide bonds. The van der Waals surface area contributed by atoms with E-state index >= 15 is 0 Å². The van der Waals surface area contributed by atoms with Crippen LogP contribution in [-0.4, -0.2) is 24.3 Å². The van der Waals surface area contributed by atoms with Crippen molar-refractivity contribution in [2.75, 3.05) is 13.7 Å². The van der Waals surface area contributed by atoms with Crippen molar-refractivity contribution in [3.63, 3.8) is 0 Å². The number of ether oxygens (including phenoxy) is 1. The molecule has 2 rings (SSSR count). The number of aryl methyl sites for hydroxylation is 1. The summed E-state index contributed by atoms with van der Waals surface area (Å²) in [6, 6.07) is 2.28. The van der Waals surface area contributed by atoms with Crippen molar-refractivity contribution in [3.8, 4) is 0 Å². The van der Waals surface area contributed by atoms with Crippen molar-refractivity contribution in [2.24, 2.45) is 0 Å². The molecule has 2 heterocycles. The molecule has 0 bridgehead atoms. The highest BCUT2D eigenvalue weighted by Crippen LogP contribution is 2.20. The maximum absolute atomic E-state index is 5.70. The Kier molecular flexibility index (Phi) is 3.66. The van der Waals surface area contributed by atoms with Crippen molar-refractivity contribution in [3.05, 3.63) is 23.0 Å². The van der Waals surface area contributed by atoms with Gasteiger partial charge in [-0.15, -0.1) is 0 Å². The Morgan fingerprint density at radius 2 is 2.31 bits per heavy atom. The summed E-state index contributed by atoms with van der Waals surface area (Å²) in [6.07, 6.45) is 2.85. The van der Waals surface area contributed by atoms with Gasteiger partial charge in [-0.3, -0.25) is 0 Å². The van der Waals surface area contributed by atoms with Gasteiger partial charge in [0.05, 0.1) is 6.10 Å². The minimum absolute atomic E-state index is 0.423. The van der Waals surface area contributed by atoms with Crippen LogP contribution in [0.4, 0.5) is 0 Å². The van der Waals surface area contributed by atoms with Crippen LogP contribution < -0.4 is 5.32 Å². The third kappa shape index (κ3) is 2.30. The molecular formula is C13H22N2O. The molecule has 1 aliphatic rings.